The second-order valence-electron chi connectivity index (χ2n) is 7.37. The minimum Gasteiger partial charge on any atom is -0.394 e. The maximum absolute atomic E-state index is 12.8. The van der Waals surface area contributed by atoms with Crippen LogP contribution in [-0.2, 0) is 0 Å². The molecule has 7 nitrogen and oxygen atoms in total. The van der Waals surface area contributed by atoms with Crippen molar-refractivity contribution in [2.24, 2.45) is 0 Å². The van der Waals surface area contributed by atoms with Crippen LogP contribution in [0.25, 0.3) is 11.3 Å². The Labute approximate surface area is 200 Å². The molecule has 1 atom stereocenters. The number of benzene rings is 2. The number of amides is 1. The predicted octanol–water partition coefficient (Wildman–Crippen LogP) is 5.29. The summed E-state index contributed by atoms with van der Waals surface area (Å²) in [4.78, 5) is 24.7. The van der Waals surface area contributed by atoms with Gasteiger partial charge in [0, 0.05) is 18.0 Å². The van der Waals surface area contributed by atoms with E-state index in [9.17, 15) is 9.90 Å². The summed E-state index contributed by atoms with van der Waals surface area (Å²) >= 11 is 12.5. The summed E-state index contributed by atoms with van der Waals surface area (Å²) in [6.07, 6.45) is 3.38. The van der Waals surface area contributed by atoms with Gasteiger partial charge in [-0.05, 0) is 36.2 Å². The highest BCUT2D eigenvalue weighted by molar-refractivity contribution is 6.39. The van der Waals surface area contributed by atoms with Crippen molar-refractivity contribution >= 4 is 40.7 Å². The van der Waals surface area contributed by atoms with Crippen LogP contribution in [0.1, 0.15) is 27.7 Å². The summed E-state index contributed by atoms with van der Waals surface area (Å²) in [5, 5.41) is 16.5. The highest BCUT2D eigenvalue weighted by atomic mass is 35.5. The maximum Gasteiger partial charge on any atom is 0.268 e. The second kappa shape index (κ2) is 10.0. The van der Waals surface area contributed by atoms with E-state index in [2.05, 4.69) is 25.6 Å². The number of aliphatic hydroxyl groups is 1. The van der Waals surface area contributed by atoms with Gasteiger partial charge in [-0.15, -0.1) is 0 Å². The number of anilines is 2. The lowest BCUT2D eigenvalue weighted by molar-refractivity contribution is 0.0912. The van der Waals surface area contributed by atoms with Crippen molar-refractivity contribution in [3.63, 3.8) is 0 Å². The maximum atomic E-state index is 12.8. The lowest BCUT2D eigenvalue weighted by Gasteiger charge is -2.16. The molecule has 4 aromatic rings. The molecular formula is C24H21Cl2N5O2. The van der Waals surface area contributed by atoms with E-state index in [-0.39, 0.29) is 12.5 Å². The quantitative estimate of drug-likeness (QED) is 0.287. The summed E-state index contributed by atoms with van der Waals surface area (Å²) in [6, 6.07) is 15.7. The van der Waals surface area contributed by atoms with E-state index < -0.39 is 6.04 Å². The Hall–Kier alpha value is -3.39. The van der Waals surface area contributed by atoms with Crippen molar-refractivity contribution in [3.8, 4) is 11.3 Å². The Balaban J connectivity index is 1.55. The third kappa shape index (κ3) is 5.17. The van der Waals surface area contributed by atoms with E-state index in [0.717, 1.165) is 11.1 Å². The van der Waals surface area contributed by atoms with Crippen LogP contribution in [0.15, 0.2) is 67.0 Å². The average molecular weight is 482 g/mol. The van der Waals surface area contributed by atoms with Crippen LogP contribution in [0.2, 0.25) is 10.0 Å². The molecule has 1 amide bonds. The van der Waals surface area contributed by atoms with Crippen LogP contribution in [-0.4, -0.2) is 32.6 Å². The summed E-state index contributed by atoms with van der Waals surface area (Å²) in [7, 11) is 0. The number of carbonyl (C=O) groups excluding carboxylic acids is 1. The minimum atomic E-state index is -0.512. The van der Waals surface area contributed by atoms with Gasteiger partial charge in [-0.3, -0.25) is 4.79 Å². The largest absolute Gasteiger partial charge is 0.394 e. The zero-order chi connectivity index (χ0) is 23.4. The number of nitrogens with one attached hydrogen (secondary N) is 3. The second-order valence-corrected chi connectivity index (χ2v) is 8.18. The zero-order valence-corrected chi connectivity index (χ0v) is 19.2. The number of hydrogen-bond acceptors (Lipinski definition) is 5. The topological polar surface area (TPSA) is 103 Å². The Bertz CT molecular complexity index is 1260. The summed E-state index contributed by atoms with van der Waals surface area (Å²) in [5.74, 6) is -0.0146. The van der Waals surface area contributed by atoms with Crippen LogP contribution in [0, 0.1) is 6.92 Å². The number of aromatic amines is 1. The van der Waals surface area contributed by atoms with Gasteiger partial charge < -0.3 is 20.7 Å². The molecule has 0 aliphatic heterocycles. The first-order chi connectivity index (χ1) is 16.0. The van der Waals surface area contributed by atoms with Gasteiger partial charge in [0.1, 0.15) is 5.69 Å². The third-order valence-corrected chi connectivity index (χ3v) is 5.69. The SMILES string of the molecule is Cc1cnc(Nc2c(Cl)cccc2Cl)nc1-c1c[nH]c(C(=O)NC(CO)c2ccccc2)c1. The molecule has 0 fully saturated rings. The first-order valence-corrected chi connectivity index (χ1v) is 10.9. The molecule has 2 aromatic heterocycles. The Morgan fingerprint density at radius 3 is 2.55 bits per heavy atom. The number of nitrogens with zero attached hydrogens (tertiary/aromatic N) is 2. The van der Waals surface area contributed by atoms with Crippen molar-refractivity contribution in [1.29, 1.82) is 0 Å². The average Bonchev–Trinajstić information content (AvgIpc) is 3.32. The lowest BCUT2D eigenvalue weighted by Crippen LogP contribution is -2.30. The molecular weight excluding hydrogens is 461 g/mol. The van der Waals surface area contributed by atoms with E-state index in [4.69, 9.17) is 23.2 Å². The minimum absolute atomic E-state index is 0.214. The number of hydrogen-bond donors (Lipinski definition) is 4. The fraction of sp³-hybridized carbons (Fsp3) is 0.125. The fourth-order valence-corrected chi connectivity index (χ4v) is 3.83. The molecule has 0 saturated carbocycles. The van der Waals surface area contributed by atoms with Crippen LogP contribution in [0.3, 0.4) is 0 Å². The monoisotopic (exact) mass is 481 g/mol. The molecule has 2 aromatic carbocycles. The highest BCUT2D eigenvalue weighted by Gasteiger charge is 2.18. The van der Waals surface area contributed by atoms with Gasteiger partial charge in [-0.1, -0.05) is 59.6 Å². The number of H-pyrrole nitrogens is 1. The molecule has 1 unspecified atom stereocenters. The van der Waals surface area contributed by atoms with Crippen molar-refractivity contribution in [2.75, 3.05) is 11.9 Å². The van der Waals surface area contributed by atoms with Gasteiger partial charge in [0.15, 0.2) is 0 Å². The van der Waals surface area contributed by atoms with E-state index in [1.54, 1.807) is 36.7 Å². The molecule has 2 heterocycles. The van der Waals surface area contributed by atoms with E-state index >= 15 is 0 Å². The van der Waals surface area contributed by atoms with E-state index in [0.29, 0.717) is 38.6 Å². The number of rotatable bonds is 7. The fourth-order valence-electron chi connectivity index (χ4n) is 3.34. The lowest BCUT2D eigenvalue weighted by atomic mass is 10.1. The van der Waals surface area contributed by atoms with Crippen LogP contribution < -0.4 is 10.6 Å². The standard InChI is InChI=1S/C24H21Cl2N5O2/c1-14-11-28-24(31-22-17(25)8-5-9-18(22)26)30-21(14)16-10-19(27-12-16)23(33)29-20(13-32)15-6-3-2-4-7-15/h2-12,20,27,32H,13H2,1H3,(H,29,33)(H,28,30,31). The Morgan fingerprint density at radius 2 is 1.85 bits per heavy atom. The molecule has 0 aliphatic carbocycles. The van der Waals surface area contributed by atoms with Crippen LogP contribution in [0.4, 0.5) is 11.6 Å². The Kier molecular flexibility index (Phi) is 6.93. The summed E-state index contributed by atoms with van der Waals surface area (Å²) < 4.78 is 0. The highest BCUT2D eigenvalue weighted by Crippen LogP contribution is 2.32. The smallest absolute Gasteiger partial charge is 0.268 e. The third-order valence-electron chi connectivity index (χ3n) is 5.06. The number of aromatic nitrogens is 3. The van der Waals surface area contributed by atoms with Gasteiger partial charge in [0.25, 0.3) is 5.91 Å². The predicted molar refractivity (Wildman–Crippen MR) is 130 cm³/mol. The van der Waals surface area contributed by atoms with Gasteiger partial charge in [-0.2, -0.15) is 0 Å². The van der Waals surface area contributed by atoms with Crippen LogP contribution >= 0.6 is 23.2 Å². The summed E-state index contributed by atoms with van der Waals surface area (Å²) in [6.45, 7) is 1.67. The molecule has 9 heteroatoms. The van der Waals surface area contributed by atoms with Crippen molar-refractivity contribution in [2.45, 2.75) is 13.0 Å². The first kappa shape index (κ1) is 22.8. The molecule has 4 N–H and O–H groups in total. The number of para-hydroxylation sites is 1. The zero-order valence-electron chi connectivity index (χ0n) is 17.6. The normalized spacial score (nSPS) is 11.8. The first-order valence-electron chi connectivity index (χ1n) is 10.2. The molecule has 0 spiro atoms. The number of aliphatic hydroxyl groups excluding tert-OH is 1. The number of aryl methyl sites for hydroxylation is 1. The Morgan fingerprint density at radius 1 is 1.12 bits per heavy atom. The van der Waals surface area contributed by atoms with Gasteiger partial charge in [0.2, 0.25) is 5.95 Å². The molecule has 168 valence electrons. The molecule has 0 aliphatic rings. The van der Waals surface area contributed by atoms with E-state index in [1.165, 1.54) is 0 Å². The van der Waals surface area contributed by atoms with Gasteiger partial charge in [0.05, 0.1) is 34.1 Å². The summed E-state index contributed by atoms with van der Waals surface area (Å²) in [5.41, 5.74) is 3.87. The molecule has 0 bridgehead atoms. The molecule has 4 rings (SSSR count). The number of carbonyl (C=O) groups is 1. The van der Waals surface area contributed by atoms with Gasteiger partial charge >= 0.3 is 0 Å². The van der Waals surface area contributed by atoms with Gasteiger partial charge in [-0.25, -0.2) is 9.97 Å². The molecule has 0 saturated heterocycles. The molecule has 33 heavy (non-hydrogen) atoms. The van der Waals surface area contributed by atoms with Crippen molar-refractivity contribution in [1.82, 2.24) is 20.3 Å². The van der Waals surface area contributed by atoms with Crippen molar-refractivity contribution in [3.05, 3.63) is 93.9 Å². The van der Waals surface area contributed by atoms with Crippen molar-refractivity contribution < 1.29 is 9.90 Å². The number of halogens is 2. The molecule has 0 radical (unpaired) electrons. The van der Waals surface area contributed by atoms with Crippen LogP contribution in [0.5, 0.6) is 0 Å². The van der Waals surface area contributed by atoms with E-state index in [1.807, 2.05) is 37.3 Å².